The molecule has 4 nitrogen and oxygen atoms in total. The Labute approximate surface area is 70.9 Å². The molecule has 0 aliphatic carbocycles. The predicted octanol–water partition coefficient (Wildman–Crippen LogP) is 0.522. The second kappa shape index (κ2) is 5.82. The predicted molar refractivity (Wildman–Crippen MR) is 47.2 cm³/mol. The largest absolute Gasteiger partial charge is 0.320 e. The van der Waals surface area contributed by atoms with Crippen molar-refractivity contribution in [3.63, 3.8) is 0 Å². The number of nitrogens with one attached hydrogen (secondary N) is 1. The van der Waals surface area contributed by atoms with Gasteiger partial charge in [-0.1, -0.05) is 0 Å². The van der Waals surface area contributed by atoms with E-state index in [0.717, 1.165) is 19.4 Å². The number of rotatable bonds is 6. The number of hydrogen-bond acceptors (Lipinski definition) is 4. The molecule has 0 saturated carbocycles. The fraction of sp³-hybridized carbons (Fsp3) is 1.00. The molecule has 0 aliphatic rings. The maximum absolute atomic E-state index is 10.2. The van der Waals surface area contributed by atoms with Crippen LogP contribution >= 0.6 is 10.8 Å². The third-order valence-electron chi connectivity index (χ3n) is 1.05. The summed E-state index contributed by atoms with van der Waals surface area (Å²) in [6.07, 6.45) is 1.73. The summed E-state index contributed by atoms with van der Waals surface area (Å²) in [6, 6.07) is 0. The first kappa shape index (κ1) is 11.2. The topological polar surface area (TPSA) is 66.4 Å². The van der Waals surface area contributed by atoms with Crippen LogP contribution in [0, 0.1) is 0 Å². The molecule has 0 rings (SSSR count). The van der Waals surface area contributed by atoms with Gasteiger partial charge in [0.25, 0.3) is 0 Å². The van der Waals surface area contributed by atoms with Crippen molar-refractivity contribution in [1.29, 1.82) is 0 Å². The van der Waals surface area contributed by atoms with Gasteiger partial charge in [0, 0.05) is 5.75 Å². The zero-order valence-corrected chi connectivity index (χ0v) is 8.04. The molecule has 0 radical (unpaired) electrons. The standard InChI is InChI=1S/C5H13NO3S2/c1-6-4-2-3-5-10-11(7,8)9/h6H,2-5H2,1H3,(H,7,8,9). The van der Waals surface area contributed by atoms with Crippen LogP contribution in [0.5, 0.6) is 0 Å². The molecule has 0 aromatic rings. The summed E-state index contributed by atoms with van der Waals surface area (Å²) >= 11 is 0. The number of unbranched alkanes of at least 4 members (excludes halogenated alkanes) is 1. The molecular weight excluding hydrogens is 186 g/mol. The zero-order chi connectivity index (χ0) is 8.74. The van der Waals surface area contributed by atoms with Crippen molar-refractivity contribution in [2.45, 2.75) is 12.8 Å². The van der Waals surface area contributed by atoms with Crippen molar-refractivity contribution < 1.29 is 13.0 Å². The van der Waals surface area contributed by atoms with Gasteiger partial charge in [0.05, 0.1) is 0 Å². The third-order valence-corrected chi connectivity index (χ3v) is 3.20. The highest BCUT2D eigenvalue weighted by atomic mass is 33.1. The Morgan fingerprint density at radius 1 is 1.45 bits per heavy atom. The molecule has 0 aromatic carbocycles. The minimum atomic E-state index is -3.82. The lowest BCUT2D eigenvalue weighted by Crippen LogP contribution is -2.07. The quantitative estimate of drug-likeness (QED) is 0.371. The highest BCUT2D eigenvalue weighted by Crippen LogP contribution is 2.10. The molecule has 0 unspecified atom stereocenters. The summed E-state index contributed by atoms with van der Waals surface area (Å²) in [5, 5.41) is 2.94. The Hall–Kier alpha value is 0.220. The van der Waals surface area contributed by atoms with Crippen molar-refractivity contribution in [2.75, 3.05) is 19.3 Å². The Kier molecular flexibility index (Phi) is 5.93. The first-order valence-electron chi connectivity index (χ1n) is 3.32. The van der Waals surface area contributed by atoms with Crippen molar-refractivity contribution in [2.24, 2.45) is 0 Å². The smallest absolute Gasteiger partial charge is 0.319 e. The van der Waals surface area contributed by atoms with E-state index >= 15 is 0 Å². The van der Waals surface area contributed by atoms with Crippen LogP contribution in [-0.2, 0) is 9.15 Å². The third kappa shape index (κ3) is 10.2. The molecule has 2 N–H and O–H groups in total. The van der Waals surface area contributed by atoms with E-state index in [4.69, 9.17) is 4.55 Å². The molecule has 0 fully saturated rings. The van der Waals surface area contributed by atoms with Crippen LogP contribution < -0.4 is 5.32 Å². The molecule has 6 heteroatoms. The molecular formula is C5H13NO3S2. The van der Waals surface area contributed by atoms with Gasteiger partial charge in [-0.15, -0.1) is 0 Å². The van der Waals surface area contributed by atoms with E-state index in [1.165, 1.54) is 0 Å². The lowest BCUT2D eigenvalue weighted by molar-refractivity contribution is 0.503. The van der Waals surface area contributed by atoms with E-state index in [1.807, 2.05) is 7.05 Å². The molecule has 68 valence electrons. The Morgan fingerprint density at radius 2 is 2.09 bits per heavy atom. The van der Waals surface area contributed by atoms with Crippen molar-refractivity contribution in [3.8, 4) is 0 Å². The van der Waals surface area contributed by atoms with Gasteiger partial charge >= 0.3 is 9.15 Å². The minimum Gasteiger partial charge on any atom is -0.320 e. The van der Waals surface area contributed by atoms with Gasteiger partial charge in [0.15, 0.2) is 0 Å². The minimum absolute atomic E-state index is 0.459. The van der Waals surface area contributed by atoms with Crippen LogP contribution in [0.3, 0.4) is 0 Å². The maximum Gasteiger partial charge on any atom is 0.319 e. The molecule has 11 heavy (non-hydrogen) atoms. The molecule has 0 saturated heterocycles. The van der Waals surface area contributed by atoms with Crippen LogP contribution in [0.1, 0.15) is 12.8 Å². The van der Waals surface area contributed by atoms with E-state index in [0.29, 0.717) is 16.5 Å². The van der Waals surface area contributed by atoms with Crippen LogP contribution in [0.4, 0.5) is 0 Å². The molecule has 0 spiro atoms. The van der Waals surface area contributed by atoms with Gasteiger partial charge in [-0.3, -0.25) is 4.55 Å². The van der Waals surface area contributed by atoms with Crippen LogP contribution in [-0.4, -0.2) is 32.3 Å². The van der Waals surface area contributed by atoms with Crippen molar-refractivity contribution >= 4 is 19.9 Å². The number of hydrogen-bond donors (Lipinski definition) is 2. The van der Waals surface area contributed by atoms with E-state index in [-0.39, 0.29) is 0 Å². The second-order valence-corrected chi connectivity index (χ2v) is 5.53. The van der Waals surface area contributed by atoms with Crippen molar-refractivity contribution in [1.82, 2.24) is 5.32 Å². The van der Waals surface area contributed by atoms with Gasteiger partial charge < -0.3 is 5.32 Å². The molecule has 0 heterocycles. The van der Waals surface area contributed by atoms with Gasteiger partial charge in [-0.2, -0.15) is 8.42 Å². The van der Waals surface area contributed by atoms with Gasteiger partial charge in [-0.25, -0.2) is 0 Å². The molecule has 0 aromatic heterocycles. The summed E-state index contributed by atoms with van der Waals surface area (Å²) in [6.45, 7) is 0.881. The average Bonchev–Trinajstić information content (AvgIpc) is 1.85. The SMILES string of the molecule is CNCCCCSS(=O)(=O)O. The average molecular weight is 199 g/mol. The Balaban J connectivity index is 3.16. The van der Waals surface area contributed by atoms with Crippen molar-refractivity contribution in [3.05, 3.63) is 0 Å². The fourth-order valence-electron chi connectivity index (χ4n) is 0.568. The van der Waals surface area contributed by atoms with Gasteiger partial charge in [-0.05, 0) is 37.2 Å². The Morgan fingerprint density at radius 3 is 2.55 bits per heavy atom. The monoisotopic (exact) mass is 199 g/mol. The lowest BCUT2D eigenvalue weighted by atomic mass is 10.3. The first-order chi connectivity index (χ1) is 5.06. The maximum atomic E-state index is 10.2. The summed E-state index contributed by atoms with van der Waals surface area (Å²) in [5.41, 5.74) is 0. The van der Waals surface area contributed by atoms with Gasteiger partial charge in [0.2, 0.25) is 0 Å². The van der Waals surface area contributed by atoms with E-state index in [9.17, 15) is 8.42 Å². The van der Waals surface area contributed by atoms with Gasteiger partial charge in [0.1, 0.15) is 0 Å². The van der Waals surface area contributed by atoms with Crippen LogP contribution in [0.25, 0.3) is 0 Å². The summed E-state index contributed by atoms with van der Waals surface area (Å²) in [5.74, 6) is 0.459. The van der Waals surface area contributed by atoms with Crippen LogP contribution in [0.15, 0.2) is 0 Å². The van der Waals surface area contributed by atoms with E-state index in [2.05, 4.69) is 5.32 Å². The highest BCUT2D eigenvalue weighted by Gasteiger charge is 2.02. The molecule has 0 bridgehead atoms. The summed E-state index contributed by atoms with van der Waals surface area (Å²) < 4.78 is 28.6. The normalized spacial score (nSPS) is 11.8. The van der Waals surface area contributed by atoms with E-state index < -0.39 is 9.15 Å². The Bertz CT molecular complexity index is 178. The molecule has 0 aliphatic heterocycles. The lowest BCUT2D eigenvalue weighted by Gasteiger charge is -1.97. The zero-order valence-electron chi connectivity index (χ0n) is 6.41. The highest BCUT2D eigenvalue weighted by molar-refractivity contribution is 8.69. The van der Waals surface area contributed by atoms with Crippen LogP contribution in [0.2, 0.25) is 0 Å². The summed E-state index contributed by atoms with van der Waals surface area (Å²) in [4.78, 5) is 0. The van der Waals surface area contributed by atoms with E-state index in [1.54, 1.807) is 0 Å². The first-order valence-corrected chi connectivity index (χ1v) is 6.27. The molecule has 0 amide bonds. The second-order valence-electron chi connectivity index (χ2n) is 2.06. The summed E-state index contributed by atoms with van der Waals surface area (Å²) in [7, 11) is -1.39. The molecule has 0 atom stereocenters. The fourth-order valence-corrected chi connectivity index (χ4v) is 2.09.